The maximum absolute atomic E-state index is 11.8. The number of phenols is 1. The Morgan fingerprint density at radius 3 is 2.37 bits per heavy atom. The van der Waals surface area contributed by atoms with E-state index in [0.717, 1.165) is 5.56 Å². The van der Waals surface area contributed by atoms with Crippen molar-refractivity contribution in [1.82, 2.24) is 5.43 Å². The number of hydrogen-bond donors (Lipinski definition) is 2. The van der Waals surface area contributed by atoms with Crippen LogP contribution in [-0.4, -0.2) is 16.7 Å². The number of carbonyl (C=O) groups excluding carboxylic acids is 1. The van der Waals surface area contributed by atoms with Crippen LogP contribution >= 0.6 is 0 Å². The number of nitrogens with one attached hydrogen (secondary N) is 1. The highest BCUT2D eigenvalue weighted by atomic mass is 16.3. The smallest absolute Gasteiger partial charge is 0.275 e. The minimum absolute atomic E-state index is 0.0624. The first kappa shape index (κ1) is 12.8. The van der Waals surface area contributed by atoms with Crippen molar-refractivity contribution >= 4 is 11.6 Å². The van der Waals surface area contributed by atoms with Gasteiger partial charge in [-0.1, -0.05) is 42.5 Å². The molecule has 0 atom stereocenters. The first-order valence-corrected chi connectivity index (χ1v) is 5.86. The molecule has 0 aliphatic carbocycles. The maximum atomic E-state index is 11.8. The van der Waals surface area contributed by atoms with Crippen LogP contribution in [0.25, 0.3) is 0 Å². The SMILES string of the molecule is C/C(=N/NC(=O)c1ccccc1O)c1ccccc1. The Hall–Kier alpha value is -2.62. The van der Waals surface area contributed by atoms with Crippen LogP contribution in [0.2, 0.25) is 0 Å². The van der Waals surface area contributed by atoms with E-state index in [1.807, 2.05) is 30.3 Å². The molecule has 0 radical (unpaired) electrons. The molecule has 0 heterocycles. The van der Waals surface area contributed by atoms with Gasteiger partial charge in [0.1, 0.15) is 5.75 Å². The average Bonchev–Trinajstić information content (AvgIpc) is 2.46. The Morgan fingerprint density at radius 1 is 1.05 bits per heavy atom. The van der Waals surface area contributed by atoms with Gasteiger partial charge >= 0.3 is 0 Å². The Morgan fingerprint density at radius 2 is 1.68 bits per heavy atom. The van der Waals surface area contributed by atoms with Crippen molar-refractivity contribution in [2.45, 2.75) is 6.92 Å². The van der Waals surface area contributed by atoms with Gasteiger partial charge in [0.2, 0.25) is 0 Å². The first-order valence-electron chi connectivity index (χ1n) is 5.86. The second-order valence-corrected chi connectivity index (χ2v) is 4.02. The van der Waals surface area contributed by atoms with Gasteiger partial charge in [0.05, 0.1) is 11.3 Å². The zero-order valence-electron chi connectivity index (χ0n) is 10.5. The van der Waals surface area contributed by atoms with Crippen LogP contribution in [0.3, 0.4) is 0 Å². The van der Waals surface area contributed by atoms with Crippen molar-refractivity contribution in [3.63, 3.8) is 0 Å². The summed E-state index contributed by atoms with van der Waals surface area (Å²) in [6.07, 6.45) is 0. The van der Waals surface area contributed by atoms with Gasteiger partial charge in [-0.2, -0.15) is 5.10 Å². The molecule has 1 amide bonds. The predicted molar refractivity (Wildman–Crippen MR) is 74.2 cm³/mol. The van der Waals surface area contributed by atoms with Crippen molar-refractivity contribution in [3.05, 3.63) is 65.7 Å². The van der Waals surface area contributed by atoms with Gasteiger partial charge < -0.3 is 5.11 Å². The largest absolute Gasteiger partial charge is 0.507 e. The van der Waals surface area contributed by atoms with E-state index in [0.29, 0.717) is 5.71 Å². The number of para-hydroxylation sites is 1. The number of aromatic hydroxyl groups is 1. The van der Waals surface area contributed by atoms with Crippen LogP contribution in [0.5, 0.6) is 5.75 Å². The zero-order valence-corrected chi connectivity index (χ0v) is 10.5. The Balaban J connectivity index is 2.11. The Bertz CT molecular complexity index is 607. The van der Waals surface area contributed by atoms with Crippen LogP contribution in [0.1, 0.15) is 22.8 Å². The van der Waals surface area contributed by atoms with Crippen LogP contribution in [0.15, 0.2) is 59.7 Å². The third-order valence-corrected chi connectivity index (χ3v) is 2.67. The van der Waals surface area contributed by atoms with Gasteiger partial charge in [-0.3, -0.25) is 4.79 Å². The summed E-state index contributed by atoms with van der Waals surface area (Å²) in [6, 6.07) is 15.9. The van der Waals surface area contributed by atoms with Crippen molar-refractivity contribution in [1.29, 1.82) is 0 Å². The Labute approximate surface area is 111 Å². The standard InChI is InChI=1S/C15H14N2O2/c1-11(12-7-3-2-4-8-12)16-17-15(19)13-9-5-6-10-14(13)18/h2-10,18H,1H3,(H,17,19)/b16-11-. The predicted octanol–water partition coefficient (Wildman–Crippen LogP) is 2.55. The van der Waals surface area contributed by atoms with Gasteiger partial charge in [0, 0.05) is 0 Å². The van der Waals surface area contributed by atoms with E-state index in [9.17, 15) is 9.90 Å². The second-order valence-electron chi connectivity index (χ2n) is 4.02. The topological polar surface area (TPSA) is 61.7 Å². The van der Waals surface area contributed by atoms with Gasteiger partial charge in [0.15, 0.2) is 0 Å². The number of hydrazone groups is 1. The summed E-state index contributed by atoms with van der Waals surface area (Å²) >= 11 is 0. The molecule has 0 bridgehead atoms. The fourth-order valence-corrected chi connectivity index (χ4v) is 1.60. The molecule has 2 aromatic carbocycles. The first-order chi connectivity index (χ1) is 9.18. The van der Waals surface area contributed by atoms with E-state index in [1.165, 1.54) is 12.1 Å². The highest BCUT2D eigenvalue weighted by Crippen LogP contribution is 2.14. The molecule has 2 aromatic rings. The fourth-order valence-electron chi connectivity index (χ4n) is 1.60. The summed E-state index contributed by atoms with van der Waals surface area (Å²) in [5, 5.41) is 13.6. The number of hydrogen-bond acceptors (Lipinski definition) is 3. The molecular formula is C15H14N2O2. The third kappa shape index (κ3) is 3.19. The van der Waals surface area contributed by atoms with E-state index in [1.54, 1.807) is 19.1 Å². The van der Waals surface area contributed by atoms with Gasteiger partial charge in [-0.25, -0.2) is 5.43 Å². The van der Waals surface area contributed by atoms with Crippen LogP contribution < -0.4 is 5.43 Å². The second kappa shape index (κ2) is 5.82. The quantitative estimate of drug-likeness (QED) is 0.653. The number of phenolic OH excluding ortho intramolecular Hbond substituents is 1. The summed E-state index contributed by atoms with van der Waals surface area (Å²) in [7, 11) is 0. The number of rotatable bonds is 3. The van der Waals surface area contributed by atoms with Crippen molar-refractivity contribution in [2.24, 2.45) is 5.10 Å². The van der Waals surface area contributed by atoms with Gasteiger partial charge in [0.25, 0.3) is 5.91 Å². The summed E-state index contributed by atoms with van der Waals surface area (Å²) in [5.41, 5.74) is 4.26. The van der Waals surface area contributed by atoms with E-state index in [4.69, 9.17) is 0 Å². The molecule has 96 valence electrons. The number of amides is 1. The van der Waals surface area contributed by atoms with Gasteiger partial charge in [-0.05, 0) is 24.6 Å². The number of nitrogens with zero attached hydrogens (tertiary/aromatic N) is 1. The maximum Gasteiger partial charge on any atom is 0.275 e. The minimum atomic E-state index is -0.437. The molecule has 0 saturated carbocycles. The van der Waals surface area contributed by atoms with Crippen molar-refractivity contribution in [3.8, 4) is 5.75 Å². The highest BCUT2D eigenvalue weighted by Gasteiger charge is 2.09. The van der Waals surface area contributed by atoms with Crippen LogP contribution in [-0.2, 0) is 0 Å². The van der Waals surface area contributed by atoms with E-state index in [2.05, 4.69) is 10.5 Å². The van der Waals surface area contributed by atoms with E-state index in [-0.39, 0.29) is 11.3 Å². The van der Waals surface area contributed by atoms with E-state index >= 15 is 0 Å². The summed E-state index contributed by atoms with van der Waals surface area (Å²) in [4.78, 5) is 11.8. The lowest BCUT2D eigenvalue weighted by atomic mass is 10.1. The number of benzene rings is 2. The molecule has 0 aliphatic rings. The number of carbonyl (C=O) groups is 1. The minimum Gasteiger partial charge on any atom is -0.507 e. The highest BCUT2D eigenvalue weighted by molar-refractivity contribution is 6.01. The molecule has 0 spiro atoms. The lowest BCUT2D eigenvalue weighted by Crippen LogP contribution is -2.19. The molecule has 19 heavy (non-hydrogen) atoms. The zero-order chi connectivity index (χ0) is 13.7. The summed E-state index contributed by atoms with van der Waals surface area (Å²) in [5.74, 6) is -0.499. The molecule has 2 rings (SSSR count). The van der Waals surface area contributed by atoms with Gasteiger partial charge in [-0.15, -0.1) is 0 Å². The molecule has 4 nitrogen and oxygen atoms in total. The molecule has 4 heteroatoms. The van der Waals surface area contributed by atoms with Crippen LogP contribution in [0, 0.1) is 0 Å². The molecule has 0 aromatic heterocycles. The molecular weight excluding hydrogens is 240 g/mol. The molecule has 0 fully saturated rings. The molecule has 2 N–H and O–H groups in total. The average molecular weight is 254 g/mol. The van der Waals surface area contributed by atoms with Crippen molar-refractivity contribution in [2.75, 3.05) is 0 Å². The Kier molecular flexibility index (Phi) is 3.93. The monoisotopic (exact) mass is 254 g/mol. The van der Waals surface area contributed by atoms with Crippen LogP contribution in [0.4, 0.5) is 0 Å². The molecule has 0 aliphatic heterocycles. The third-order valence-electron chi connectivity index (χ3n) is 2.67. The summed E-state index contributed by atoms with van der Waals surface area (Å²) < 4.78 is 0. The summed E-state index contributed by atoms with van der Waals surface area (Å²) in [6.45, 7) is 1.81. The van der Waals surface area contributed by atoms with Crippen molar-refractivity contribution < 1.29 is 9.90 Å². The lowest BCUT2D eigenvalue weighted by Gasteiger charge is -2.04. The van der Waals surface area contributed by atoms with E-state index < -0.39 is 5.91 Å². The molecule has 0 saturated heterocycles. The molecule has 0 unspecified atom stereocenters. The normalized spacial score (nSPS) is 11.1. The fraction of sp³-hybridized carbons (Fsp3) is 0.0667. The lowest BCUT2D eigenvalue weighted by molar-refractivity contribution is 0.0952.